The molecule has 0 aromatic heterocycles. The number of terminal acetylenes is 1. The lowest BCUT2D eigenvalue weighted by atomic mass is 9.99. The third kappa shape index (κ3) is 9.81. The first-order valence-electron chi connectivity index (χ1n) is 13.4. The minimum Gasteiger partial charge on any atom is -0.508 e. The highest BCUT2D eigenvalue weighted by Gasteiger charge is 2.36. The molecular formula is C32H41N3O5. The molecule has 0 radical (unpaired) electrons. The van der Waals surface area contributed by atoms with E-state index in [0.717, 1.165) is 12.8 Å². The van der Waals surface area contributed by atoms with E-state index < -0.39 is 29.7 Å². The first-order chi connectivity index (χ1) is 18.9. The summed E-state index contributed by atoms with van der Waals surface area (Å²) in [6.45, 7) is 13.0. The second-order valence-electron chi connectivity index (χ2n) is 10.7. The van der Waals surface area contributed by atoms with Gasteiger partial charge in [-0.1, -0.05) is 49.6 Å². The van der Waals surface area contributed by atoms with Crippen LogP contribution >= 0.6 is 0 Å². The van der Waals surface area contributed by atoms with Crippen molar-refractivity contribution in [3.63, 3.8) is 0 Å². The molecule has 2 rings (SSSR count). The molecule has 2 aromatic rings. The number of amides is 3. The van der Waals surface area contributed by atoms with Gasteiger partial charge in [0, 0.05) is 24.6 Å². The number of carbonyl (C=O) groups excluding carboxylic acids is 3. The Balaban J connectivity index is 2.54. The molecule has 0 aliphatic heterocycles. The van der Waals surface area contributed by atoms with E-state index in [0.29, 0.717) is 16.7 Å². The van der Waals surface area contributed by atoms with E-state index in [-0.39, 0.29) is 30.7 Å². The lowest BCUT2D eigenvalue weighted by Gasteiger charge is -2.34. The van der Waals surface area contributed by atoms with Crippen molar-refractivity contribution in [3.05, 3.63) is 77.9 Å². The molecule has 8 heteroatoms. The second-order valence-corrected chi connectivity index (χ2v) is 10.7. The van der Waals surface area contributed by atoms with Crippen LogP contribution in [0.4, 0.5) is 4.79 Å². The van der Waals surface area contributed by atoms with E-state index in [1.807, 2.05) is 13.8 Å². The number of hydrogen-bond acceptors (Lipinski definition) is 5. The van der Waals surface area contributed by atoms with Crippen LogP contribution in [0.3, 0.4) is 0 Å². The molecule has 0 aliphatic carbocycles. The minimum atomic E-state index is -1.08. The number of phenols is 1. The van der Waals surface area contributed by atoms with Gasteiger partial charge in [-0.3, -0.25) is 9.59 Å². The lowest BCUT2D eigenvalue weighted by molar-refractivity contribution is -0.142. The second kappa shape index (κ2) is 14.8. The summed E-state index contributed by atoms with van der Waals surface area (Å²) >= 11 is 0. The number of nitrogens with one attached hydrogen (secondary N) is 2. The fraction of sp³-hybridized carbons (Fsp3) is 0.406. The lowest BCUT2D eigenvalue weighted by Crippen LogP contribution is -2.54. The van der Waals surface area contributed by atoms with Crippen molar-refractivity contribution >= 4 is 17.9 Å². The average molecular weight is 548 g/mol. The summed E-state index contributed by atoms with van der Waals surface area (Å²) in [7, 11) is 0. The van der Waals surface area contributed by atoms with E-state index in [9.17, 15) is 19.5 Å². The van der Waals surface area contributed by atoms with Crippen molar-refractivity contribution in [1.29, 1.82) is 0 Å². The molecule has 214 valence electrons. The van der Waals surface area contributed by atoms with Gasteiger partial charge in [0.15, 0.2) is 0 Å². The van der Waals surface area contributed by atoms with E-state index in [1.165, 1.54) is 23.1 Å². The van der Waals surface area contributed by atoms with Gasteiger partial charge in [0.05, 0.1) is 0 Å². The maximum absolute atomic E-state index is 14.2. The predicted molar refractivity (Wildman–Crippen MR) is 157 cm³/mol. The number of aromatic hydroxyl groups is 1. The number of benzene rings is 2. The molecular weight excluding hydrogens is 506 g/mol. The number of alkyl carbamates (subject to hydrolysis) is 1. The third-order valence-electron chi connectivity index (χ3n) is 6.04. The monoisotopic (exact) mass is 547 g/mol. The fourth-order valence-corrected chi connectivity index (χ4v) is 4.24. The Morgan fingerprint density at radius 2 is 1.73 bits per heavy atom. The van der Waals surface area contributed by atoms with E-state index in [1.54, 1.807) is 57.2 Å². The van der Waals surface area contributed by atoms with Crippen LogP contribution in [-0.2, 0) is 20.7 Å². The molecule has 8 nitrogen and oxygen atoms in total. The molecule has 0 saturated carbocycles. The molecule has 3 unspecified atom stereocenters. The zero-order chi connectivity index (χ0) is 29.9. The molecule has 40 heavy (non-hydrogen) atoms. The topological polar surface area (TPSA) is 108 Å². The van der Waals surface area contributed by atoms with Crippen molar-refractivity contribution in [2.45, 2.75) is 77.6 Å². The molecule has 2 aromatic carbocycles. The van der Waals surface area contributed by atoms with Crippen molar-refractivity contribution in [2.75, 3.05) is 6.54 Å². The molecule has 0 bridgehead atoms. The van der Waals surface area contributed by atoms with E-state index in [4.69, 9.17) is 11.2 Å². The molecule has 3 atom stereocenters. The summed E-state index contributed by atoms with van der Waals surface area (Å²) in [6, 6.07) is 11.0. The van der Waals surface area contributed by atoms with Crippen LogP contribution in [0.1, 0.15) is 70.2 Å². The Morgan fingerprint density at radius 1 is 1.10 bits per heavy atom. The molecule has 0 fully saturated rings. The Bertz CT molecular complexity index is 1190. The van der Waals surface area contributed by atoms with E-state index >= 15 is 0 Å². The van der Waals surface area contributed by atoms with Crippen molar-refractivity contribution in [1.82, 2.24) is 15.5 Å². The first-order valence-corrected chi connectivity index (χ1v) is 13.4. The van der Waals surface area contributed by atoms with Crippen LogP contribution in [0, 0.1) is 12.3 Å². The van der Waals surface area contributed by atoms with Gasteiger partial charge in [-0.2, -0.15) is 0 Å². The molecule has 0 spiro atoms. The zero-order valence-corrected chi connectivity index (χ0v) is 24.1. The molecule has 0 saturated heterocycles. The number of carbonyl (C=O) groups is 3. The van der Waals surface area contributed by atoms with Gasteiger partial charge in [-0.15, -0.1) is 13.0 Å². The smallest absolute Gasteiger partial charge is 0.408 e. The number of hydrogen-bond donors (Lipinski definition) is 3. The third-order valence-corrected chi connectivity index (χ3v) is 6.04. The highest BCUT2D eigenvalue weighted by Crippen LogP contribution is 2.25. The largest absolute Gasteiger partial charge is 0.508 e. The summed E-state index contributed by atoms with van der Waals surface area (Å²) in [5.74, 6) is 1.79. The van der Waals surface area contributed by atoms with Crippen LogP contribution in [0.2, 0.25) is 0 Å². The van der Waals surface area contributed by atoms with Gasteiger partial charge >= 0.3 is 6.09 Å². The number of rotatable bonds is 12. The van der Waals surface area contributed by atoms with Gasteiger partial charge in [-0.05, 0) is 69.5 Å². The van der Waals surface area contributed by atoms with Crippen LogP contribution in [0.25, 0.3) is 0 Å². The van der Waals surface area contributed by atoms with Crippen molar-refractivity contribution in [3.8, 4) is 18.1 Å². The summed E-state index contributed by atoms with van der Waals surface area (Å²) in [5, 5.41) is 15.4. The summed E-state index contributed by atoms with van der Waals surface area (Å²) in [6.07, 6.45) is 8.05. The van der Waals surface area contributed by atoms with Crippen LogP contribution in [0.5, 0.6) is 5.75 Å². The van der Waals surface area contributed by atoms with Crippen molar-refractivity contribution < 1.29 is 24.2 Å². The Hall–Kier alpha value is -4.25. The SMILES string of the molecule is C#Cc1ccc(C(C(=O)NC(C)CCC)N(CC=C)C(=O)C(Cc2ccc(O)cc2)NC(=O)OC(C)(C)C)cc1. The van der Waals surface area contributed by atoms with Gasteiger partial charge < -0.3 is 25.4 Å². The summed E-state index contributed by atoms with van der Waals surface area (Å²) in [5.41, 5.74) is 1.12. The highest BCUT2D eigenvalue weighted by molar-refractivity contribution is 5.92. The minimum absolute atomic E-state index is 0.0397. The predicted octanol–water partition coefficient (Wildman–Crippen LogP) is 4.87. The Labute approximate surface area is 237 Å². The van der Waals surface area contributed by atoms with Crippen molar-refractivity contribution in [2.24, 2.45) is 0 Å². The molecule has 3 N–H and O–H groups in total. The zero-order valence-electron chi connectivity index (χ0n) is 24.1. The summed E-state index contributed by atoms with van der Waals surface area (Å²) in [4.78, 5) is 42.1. The number of nitrogens with zero attached hydrogens (tertiary/aromatic N) is 1. The van der Waals surface area contributed by atoms with Crippen LogP contribution in [-0.4, -0.2) is 52.1 Å². The van der Waals surface area contributed by atoms with Gasteiger partial charge in [0.1, 0.15) is 23.4 Å². The number of ether oxygens (including phenoxy) is 1. The van der Waals surface area contributed by atoms with Gasteiger partial charge in [-0.25, -0.2) is 4.79 Å². The highest BCUT2D eigenvalue weighted by atomic mass is 16.6. The average Bonchev–Trinajstić information content (AvgIpc) is 2.88. The Kier molecular flexibility index (Phi) is 11.8. The maximum Gasteiger partial charge on any atom is 0.408 e. The normalized spacial score (nSPS) is 13.2. The quantitative estimate of drug-likeness (QED) is 0.260. The van der Waals surface area contributed by atoms with Gasteiger partial charge in [0.2, 0.25) is 11.8 Å². The molecule has 3 amide bonds. The molecule has 0 aliphatic rings. The van der Waals surface area contributed by atoms with E-state index in [2.05, 4.69) is 23.1 Å². The Morgan fingerprint density at radius 3 is 2.25 bits per heavy atom. The van der Waals surface area contributed by atoms with Gasteiger partial charge in [0.25, 0.3) is 0 Å². The van der Waals surface area contributed by atoms with Crippen LogP contribution in [0.15, 0.2) is 61.2 Å². The maximum atomic E-state index is 14.2. The fourth-order valence-electron chi connectivity index (χ4n) is 4.24. The van der Waals surface area contributed by atoms with Crippen LogP contribution < -0.4 is 10.6 Å². The first kappa shape index (κ1) is 32.0. The number of phenolic OH excluding ortho intramolecular Hbond substituents is 1. The standard InChI is InChI=1S/C32H41N3O5/c1-8-11-22(4)33-29(37)28(25-16-12-23(10-3)13-17-25)35(20-9-2)30(38)27(34-31(39)40-32(5,6)7)21-24-14-18-26(36)19-15-24/h3,9,12-19,22,27-28,36H,2,8,11,20-21H2,1,4-7H3,(H,33,37)(H,34,39). The summed E-state index contributed by atoms with van der Waals surface area (Å²) < 4.78 is 5.43. The molecule has 0 heterocycles.